The Morgan fingerprint density at radius 3 is 2.82 bits per heavy atom. The molecule has 0 radical (unpaired) electrons. The zero-order valence-electron chi connectivity index (χ0n) is 12.6. The van der Waals surface area contributed by atoms with E-state index in [1.807, 2.05) is 18.2 Å². The molecule has 0 atom stereocenters. The molecule has 0 aliphatic carbocycles. The minimum Gasteiger partial charge on any atom is -0.356 e. The Morgan fingerprint density at radius 2 is 2.09 bits per heavy atom. The fraction of sp³-hybridized carbons (Fsp3) is 0.438. The van der Waals surface area contributed by atoms with Crippen LogP contribution >= 0.6 is 0 Å². The maximum absolute atomic E-state index is 12.1. The number of para-hydroxylation sites is 1. The standard InChI is InChI=1S/C16H20N4O2/c1-11(21)17-10-12-6-8-20(9-7-12)16-18-14-5-3-2-4-13(14)15(22)19-16/h2-5,12H,6-10H2,1H3,(H,17,21)(H,18,19,22). The first-order valence-electron chi connectivity index (χ1n) is 7.62. The van der Waals surface area contributed by atoms with Gasteiger partial charge < -0.3 is 10.2 Å². The molecule has 1 amide bonds. The lowest BCUT2D eigenvalue weighted by molar-refractivity contribution is -0.119. The average molecular weight is 300 g/mol. The van der Waals surface area contributed by atoms with Gasteiger partial charge in [-0.05, 0) is 30.9 Å². The van der Waals surface area contributed by atoms with Gasteiger partial charge in [-0.3, -0.25) is 14.6 Å². The molecule has 1 aliphatic heterocycles. The number of anilines is 1. The molecule has 2 N–H and O–H groups in total. The normalized spacial score (nSPS) is 16.0. The first kappa shape index (κ1) is 14.6. The van der Waals surface area contributed by atoms with E-state index in [0.717, 1.165) is 38.0 Å². The maximum Gasteiger partial charge on any atom is 0.260 e. The van der Waals surface area contributed by atoms with Gasteiger partial charge in [0.05, 0.1) is 10.9 Å². The number of rotatable bonds is 3. The quantitative estimate of drug-likeness (QED) is 0.895. The molecule has 6 heteroatoms. The Labute approximate surface area is 128 Å². The van der Waals surface area contributed by atoms with Crippen molar-refractivity contribution in [3.63, 3.8) is 0 Å². The predicted molar refractivity (Wildman–Crippen MR) is 86.0 cm³/mol. The van der Waals surface area contributed by atoms with Gasteiger partial charge in [0.2, 0.25) is 11.9 Å². The summed E-state index contributed by atoms with van der Waals surface area (Å²) in [6.07, 6.45) is 1.97. The Kier molecular flexibility index (Phi) is 4.09. The summed E-state index contributed by atoms with van der Waals surface area (Å²) < 4.78 is 0. The van der Waals surface area contributed by atoms with Crippen LogP contribution < -0.4 is 15.8 Å². The van der Waals surface area contributed by atoms with Crippen molar-refractivity contribution in [2.24, 2.45) is 5.92 Å². The van der Waals surface area contributed by atoms with E-state index in [-0.39, 0.29) is 11.5 Å². The van der Waals surface area contributed by atoms with Crippen molar-refractivity contribution < 1.29 is 4.79 Å². The van der Waals surface area contributed by atoms with Gasteiger partial charge >= 0.3 is 0 Å². The summed E-state index contributed by atoms with van der Waals surface area (Å²) in [4.78, 5) is 32.6. The van der Waals surface area contributed by atoms with Crippen LogP contribution in [0.25, 0.3) is 10.9 Å². The van der Waals surface area contributed by atoms with E-state index >= 15 is 0 Å². The van der Waals surface area contributed by atoms with E-state index in [1.165, 1.54) is 0 Å². The van der Waals surface area contributed by atoms with E-state index < -0.39 is 0 Å². The number of hydrogen-bond donors (Lipinski definition) is 2. The molecule has 0 spiro atoms. The van der Waals surface area contributed by atoms with Crippen molar-refractivity contribution in [2.75, 3.05) is 24.5 Å². The molecule has 1 aromatic carbocycles. The molecule has 116 valence electrons. The minimum atomic E-state index is -0.0963. The van der Waals surface area contributed by atoms with Crippen LogP contribution in [0.2, 0.25) is 0 Å². The molecule has 22 heavy (non-hydrogen) atoms. The largest absolute Gasteiger partial charge is 0.356 e. The Morgan fingerprint density at radius 1 is 1.36 bits per heavy atom. The van der Waals surface area contributed by atoms with Gasteiger partial charge in [-0.15, -0.1) is 0 Å². The maximum atomic E-state index is 12.1. The minimum absolute atomic E-state index is 0.0166. The third-order valence-corrected chi connectivity index (χ3v) is 4.15. The Bertz CT molecular complexity index is 732. The number of piperidine rings is 1. The lowest BCUT2D eigenvalue weighted by atomic mass is 9.97. The van der Waals surface area contributed by atoms with E-state index in [2.05, 4.69) is 20.2 Å². The number of aromatic amines is 1. The van der Waals surface area contributed by atoms with E-state index in [0.29, 0.717) is 17.3 Å². The lowest BCUT2D eigenvalue weighted by Crippen LogP contribution is -2.39. The number of carbonyl (C=O) groups excluding carboxylic acids is 1. The number of nitrogens with zero attached hydrogens (tertiary/aromatic N) is 2. The smallest absolute Gasteiger partial charge is 0.260 e. The second kappa shape index (κ2) is 6.17. The summed E-state index contributed by atoms with van der Waals surface area (Å²) in [6.45, 7) is 3.95. The predicted octanol–water partition coefficient (Wildman–Crippen LogP) is 1.28. The molecular weight excluding hydrogens is 280 g/mol. The highest BCUT2D eigenvalue weighted by atomic mass is 16.1. The zero-order valence-corrected chi connectivity index (χ0v) is 12.6. The van der Waals surface area contributed by atoms with Crippen LogP contribution in [0.1, 0.15) is 19.8 Å². The van der Waals surface area contributed by atoms with Crippen LogP contribution in [-0.4, -0.2) is 35.5 Å². The summed E-state index contributed by atoms with van der Waals surface area (Å²) in [5.74, 6) is 1.15. The molecule has 6 nitrogen and oxygen atoms in total. The molecule has 2 aromatic rings. The highest BCUT2D eigenvalue weighted by Gasteiger charge is 2.21. The highest BCUT2D eigenvalue weighted by Crippen LogP contribution is 2.20. The topological polar surface area (TPSA) is 78.1 Å². The van der Waals surface area contributed by atoms with Gasteiger partial charge in [-0.25, -0.2) is 4.98 Å². The zero-order chi connectivity index (χ0) is 15.5. The number of amides is 1. The van der Waals surface area contributed by atoms with Gasteiger partial charge in [-0.1, -0.05) is 12.1 Å². The third-order valence-electron chi connectivity index (χ3n) is 4.15. The van der Waals surface area contributed by atoms with Gasteiger partial charge in [0, 0.05) is 26.6 Å². The van der Waals surface area contributed by atoms with Crippen LogP contribution in [-0.2, 0) is 4.79 Å². The number of H-pyrrole nitrogens is 1. The van der Waals surface area contributed by atoms with E-state index in [1.54, 1.807) is 13.0 Å². The van der Waals surface area contributed by atoms with Gasteiger partial charge in [0.1, 0.15) is 0 Å². The van der Waals surface area contributed by atoms with Crippen molar-refractivity contribution >= 4 is 22.8 Å². The number of hydrogen-bond acceptors (Lipinski definition) is 4. The van der Waals surface area contributed by atoms with Crippen molar-refractivity contribution in [3.8, 4) is 0 Å². The van der Waals surface area contributed by atoms with Gasteiger partial charge in [0.25, 0.3) is 5.56 Å². The average Bonchev–Trinajstić information content (AvgIpc) is 2.53. The molecular formula is C16H20N4O2. The molecule has 0 bridgehead atoms. The van der Waals surface area contributed by atoms with Crippen LogP contribution in [0.3, 0.4) is 0 Å². The van der Waals surface area contributed by atoms with Gasteiger partial charge in [0.15, 0.2) is 0 Å². The fourth-order valence-electron chi connectivity index (χ4n) is 2.86. The van der Waals surface area contributed by atoms with Crippen LogP contribution in [0.5, 0.6) is 0 Å². The monoisotopic (exact) mass is 300 g/mol. The van der Waals surface area contributed by atoms with Gasteiger partial charge in [-0.2, -0.15) is 0 Å². The highest BCUT2D eigenvalue weighted by molar-refractivity contribution is 5.78. The summed E-state index contributed by atoms with van der Waals surface area (Å²) >= 11 is 0. The Hall–Kier alpha value is -2.37. The first-order chi connectivity index (χ1) is 10.6. The molecule has 1 aliphatic rings. The number of carbonyl (C=O) groups is 1. The third kappa shape index (κ3) is 3.10. The summed E-state index contributed by atoms with van der Waals surface area (Å²) in [5.41, 5.74) is 0.627. The number of fused-ring (bicyclic) bond motifs is 1. The number of benzene rings is 1. The molecule has 0 unspecified atom stereocenters. The van der Waals surface area contributed by atoms with Crippen molar-refractivity contribution in [2.45, 2.75) is 19.8 Å². The summed E-state index contributed by atoms with van der Waals surface area (Å²) in [5, 5.41) is 3.49. The SMILES string of the molecule is CC(=O)NCC1CCN(c2nc3ccccc3c(=O)[nH]2)CC1. The van der Waals surface area contributed by atoms with Crippen LogP contribution in [0, 0.1) is 5.92 Å². The van der Waals surface area contributed by atoms with Crippen molar-refractivity contribution in [1.82, 2.24) is 15.3 Å². The first-order valence-corrected chi connectivity index (χ1v) is 7.62. The summed E-state index contributed by atoms with van der Waals surface area (Å²) in [7, 11) is 0. The van der Waals surface area contributed by atoms with Crippen molar-refractivity contribution in [3.05, 3.63) is 34.6 Å². The molecule has 2 heterocycles. The van der Waals surface area contributed by atoms with Crippen LogP contribution in [0.4, 0.5) is 5.95 Å². The second-order valence-corrected chi connectivity index (χ2v) is 5.77. The Balaban J connectivity index is 1.71. The molecule has 1 fully saturated rings. The van der Waals surface area contributed by atoms with E-state index in [4.69, 9.17) is 0 Å². The fourth-order valence-corrected chi connectivity index (χ4v) is 2.86. The molecule has 1 aromatic heterocycles. The number of nitrogens with one attached hydrogen (secondary N) is 2. The second-order valence-electron chi connectivity index (χ2n) is 5.77. The van der Waals surface area contributed by atoms with Crippen molar-refractivity contribution in [1.29, 1.82) is 0 Å². The summed E-state index contributed by atoms with van der Waals surface area (Å²) in [6, 6.07) is 7.37. The molecule has 0 saturated carbocycles. The number of aromatic nitrogens is 2. The lowest BCUT2D eigenvalue weighted by Gasteiger charge is -2.32. The van der Waals surface area contributed by atoms with Crippen LogP contribution in [0.15, 0.2) is 29.1 Å². The molecule has 1 saturated heterocycles. The molecule has 3 rings (SSSR count). The van der Waals surface area contributed by atoms with E-state index in [9.17, 15) is 9.59 Å².